The molecule has 0 bridgehead atoms. The first kappa shape index (κ1) is 25.9. The van der Waals surface area contributed by atoms with Gasteiger partial charge in [-0.3, -0.25) is 19.2 Å². The van der Waals surface area contributed by atoms with Crippen molar-refractivity contribution in [3.05, 3.63) is 41.4 Å². The molecule has 2 amide bonds. The number of hydrogen-bond donors (Lipinski definition) is 5. The Labute approximate surface area is 195 Å². The molecule has 2 rings (SSSR count). The van der Waals surface area contributed by atoms with Crippen molar-refractivity contribution in [2.24, 2.45) is 5.73 Å². The number of carboxylic acid groups (broad SMARTS) is 2. The molecule has 2 aromatic rings. The van der Waals surface area contributed by atoms with Crippen LogP contribution < -0.4 is 16.4 Å². The third-order valence-corrected chi connectivity index (χ3v) is 5.79. The van der Waals surface area contributed by atoms with Crippen LogP contribution in [-0.2, 0) is 25.6 Å². The second-order valence-electron chi connectivity index (χ2n) is 7.50. The van der Waals surface area contributed by atoms with Gasteiger partial charge in [-0.15, -0.1) is 11.3 Å². The molecule has 178 valence electrons. The van der Waals surface area contributed by atoms with E-state index in [2.05, 4.69) is 15.6 Å². The Balaban J connectivity index is 1.89. The van der Waals surface area contributed by atoms with Crippen LogP contribution in [0.2, 0.25) is 0 Å². The van der Waals surface area contributed by atoms with Gasteiger partial charge in [0.15, 0.2) is 0 Å². The first-order valence-corrected chi connectivity index (χ1v) is 11.4. The van der Waals surface area contributed by atoms with E-state index in [1.54, 1.807) is 0 Å². The normalized spacial score (nSPS) is 12.6. The van der Waals surface area contributed by atoms with Crippen LogP contribution in [0.15, 0.2) is 35.7 Å². The fourth-order valence-electron chi connectivity index (χ4n) is 3.10. The summed E-state index contributed by atoms with van der Waals surface area (Å²) in [7, 11) is 0. The molecule has 2 atom stereocenters. The fourth-order valence-corrected chi connectivity index (χ4v) is 3.96. The van der Waals surface area contributed by atoms with Crippen molar-refractivity contribution in [2.45, 2.75) is 50.6 Å². The molecular weight excluding hydrogens is 448 g/mol. The molecule has 0 aliphatic heterocycles. The third-order valence-electron chi connectivity index (χ3n) is 4.85. The van der Waals surface area contributed by atoms with Crippen LogP contribution in [0.4, 0.5) is 0 Å². The highest BCUT2D eigenvalue weighted by Gasteiger charge is 2.20. The van der Waals surface area contributed by atoms with Crippen molar-refractivity contribution in [1.29, 1.82) is 0 Å². The van der Waals surface area contributed by atoms with E-state index in [0.717, 1.165) is 16.3 Å². The molecule has 0 saturated heterocycles. The van der Waals surface area contributed by atoms with Gasteiger partial charge in [0.2, 0.25) is 11.8 Å². The Bertz CT molecular complexity index is 949. The first-order valence-electron chi connectivity index (χ1n) is 10.5. The highest BCUT2D eigenvalue weighted by molar-refractivity contribution is 7.13. The number of nitrogens with two attached hydrogens (primary N) is 1. The molecule has 10 nitrogen and oxygen atoms in total. The fraction of sp³-hybridized carbons (Fsp3) is 0.409. The van der Waals surface area contributed by atoms with Gasteiger partial charge < -0.3 is 26.6 Å². The number of aryl methyl sites for hydroxylation is 1. The second-order valence-corrected chi connectivity index (χ2v) is 8.36. The number of benzene rings is 1. The van der Waals surface area contributed by atoms with Gasteiger partial charge in [0.25, 0.3) is 0 Å². The van der Waals surface area contributed by atoms with Gasteiger partial charge in [-0.1, -0.05) is 30.3 Å². The number of rotatable bonds is 15. The summed E-state index contributed by atoms with van der Waals surface area (Å²) in [5, 5.41) is 26.2. The maximum atomic E-state index is 12.5. The van der Waals surface area contributed by atoms with E-state index in [0.29, 0.717) is 6.42 Å². The van der Waals surface area contributed by atoms with E-state index in [-0.39, 0.29) is 44.6 Å². The molecule has 2 unspecified atom stereocenters. The predicted molar refractivity (Wildman–Crippen MR) is 123 cm³/mol. The van der Waals surface area contributed by atoms with Crippen molar-refractivity contribution < 1.29 is 29.4 Å². The van der Waals surface area contributed by atoms with Crippen LogP contribution in [0.3, 0.4) is 0 Å². The van der Waals surface area contributed by atoms with E-state index < -0.39 is 29.9 Å². The van der Waals surface area contributed by atoms with E-state index in [1.807, 2.05) is 35.7 Å². The molecule has 0 aliphatic rings. The van der Waals surface area contributed by atoms with Gasteiger partial charge in [0.05, 0.1) is 11.7 Å². The molecule has 0 saturated carbocycles. The van der Waals surface area contributed by atoms with Crippen LogP contribution in [0, 0.1) is 0 Å². The number of hydrogen-bond acceptors (Lipinski definition) is 7. The summed E-state index contributed by atoms with van der Waals surface area (Å²) in [6, 6.07) is 8.26. The summed E-state index contributed by atoms with van der Waals surface area (Å²) < 4.78 is 0. The zero-order valence-electron chi connectivity index (χ0n) is 18.0. The number of carbonyl (C=O) groups is 4. The lowest BCUT2D eigenvalue weighted by atomic mass is 10.1. The van der Waals surface area contributed by atoms with Gasteiger partial charge in [-0.25, -0.2) is 4.98 Å². The van der Waals surface area contributed by atoms with E-state index in [9.17, 15) is 19.2 Å². The number of primary amides is 1. The highest BCUT2D eigenvalue weighted by Crippen LogP contribution is 2.23. The van der Waals surface area contributed by atoms with E-state index in [1.165, 1.54) is 11.3 Å². The minimum Gasteiger partial charge on any atom is -0.481 e. The quantitative estimate of drug-likeness (QED) is 0.257. The van der Waals surface area contributed by atoms with Gasteiger partial charge in [0, 0.05) is 42.8 Å². The Hall–Kier alpha value is -3.31. The molecule has 1 aromatic carbocycles. The maximum absolute atomic E-state index is 12.5. The summed E-state index contributed by atoms with van der Waals surface area (Å²) in [6.45, 7) is 0.0844. The third kappa shape index (κ3) is 9.79. The van der Waals surface area contributed by atoms with Crippen LogP contribution in [0.25, 0.3) is 10.6 Å². The number of nitrogens with zero attached hydrogens (tertiary/aromatic N) is 1. The van der Waals surface area contributed by atoms with E-state index in [4.69, 9.17) is 15.9 Å². The lowest BCUT2D eigenvalue weighted by molar-refractivity contribution is -0.138. The molecule has 11 heteroatoms. The Morgan fingerprint density at radius 1 is 1.00 bits per heavy atom. The summed E-state index contributed by atoms with van der Waals surface area (Å²) in [5.74, 6) is -3.06. The average molecular weight is 477 g/mol. The monoisotopic (exact) mass is 476 g/mol. The minimum atomic E-state index is -1.06. The van der Waals surface area contributed by atoms with Crippen LogP contribution in [0.5, 0.6) is 0 Å². The second kappa shape index (κ2) is 13.3. The lowest BCUT2D eigenvalue weighted by Crippen LogP contribution is -2.49. The molecule has 0 fully saturated rings. The van der Waals surface area contributed by atoms with Crippen LogP contribution in [0.1, 0.15) is 37.8 Å². The zero-order chi connectivity index (χ0) is 24.2. The van der Waals surface area contributed by atoms with Crippen molar-refractivity contribution in [3.63, 3.8) is 0 Å². The largest absolute Gasteiger partial charge is 0.481 e. The van der Waals surface area contributed by atoms with E-state index >= 15 is 0 Å². The average Bonchev–Trinajstić information content (AvgIpc) is 3.25. The Morgan fingerprint density at radius 2 is 1.67 bits per heavy atom. The maximum Gasteiger partial charge on any atom is 0.303 e. The SMILES string of the molecule is NC(=O)C(CCC(=O)O)NCC(CCC(=O)O)NC(=O)CCc1csc(-c2ccccc2)n1. The molecule has 0 aliphatic carbocycles. The summed E-state index contributed by atoms with van der Waals surface area (Å²) in [6.07, 6.45) is 0.322. The van der Waals surface area contributed by atoms with Gasteiger partial charge in [-0.05, 0) is 19.3 Å². The van der Waals surface area contributed by atoms with Gasteiger partial charge in [0.1, 0.15) is 5.01 Å². The zero-order valence-corrected chi connectivity index (χ0v) is 18.8. The number of aliphatic carboxylic acids is 2. The molecule has 1 aromatic heterocycles. The highest BCUT2D eigenvalue weighted by atomic mass is 32.1. The molecule has 33 heavy (non-hydrogen) atoms. The topological polar surface area (TPSA) is 172 Å². The standard InChI is InChI=1S/C22H28N4O6S/c23-21(32)17(8-11-20(30)31)24-12-15(7-10-19(28)29)25-18(27)9-6-16-13-33-22(26-16)14-4-2-1-3-5-14/h1-5,13,15,17,24H,6-12H2,(H2,23,32)(H,25,27)(H,28,29)(H,30,31). The van der Waals surface area contributed by atoms with Gasteiger partial charge >= 0.3 is 11.9 Å². The molecular formula is C22H28N4O6S. The molecule has 0 spiro atoms. The van der Waals surface area contributed by atoms with Crippen LogP contribution >= 0.6 is 11.3 Å². The van der Waals surface area contributed by atoms with Crippen LogP contribution in [-0.4, -0.2) is 57.6 Å². The van der Waals surface area contributed by atoms with Gasteiger partial charge in [-0.2, -0.15) is 0 Å². The Morgan fingerprint density at radius 3 is 2.30 bits per heavy atom. The van der Waals surface area contributed by atoms with Crippen molar-refractivity contribution in [1.82, 2.24) is 15.6 Å². The molecule has 0 radical (unpaired) electrons. The predicted octanol–water partition coefficient (Wildman–Crippen LogP) is 1.40. The number of carboxylic acids is 2. The smallest absolute Gasteiger partial charge is 0.303 e. The number of carbonyl (C=O) groups excluding carboxylic acids is 2. The summed E-state index contributed by atoms with van der Waals surface area (Å²) in [5.41, 5.74) is 7.10. The minimum absolute atomic E-state index is 0.00215. The number of nitrogens with one attached hydrogen (secondary N) is 2. The number of aromatic nitrogens is 1. The summed E-state index contributed by atoms with van der Waals surface area (Å²) >= 11 is 1.50. The lowest BCUT2D eigenvalue weighted by Gasteiger charge is -2.22. The van der Waals surface area contributed by atoms with Crippen molar-refractivity contribution >= 4 is 35.1 Å². The molecule has 1 heterocycles. The number of amides is 2. The van der Waals surface area contributed by atoms with Crippen molar-refractivity contribution in [3.8, 4) is 10.6 Å². The Kier molecular flexibility index (Phi) is 10.4. The summed E-state index contributed by atoms with van der Waals surface area (Å²) in [4.78, 5) is 50.3. The first-order chi connectivity index (χ1) is 15.7. The van der Waals surface area contributed by atoms with Crippen molar-refractivity contribution in [2.75, 3.05) is 6.54 Å². The number of thiazole rings is 1. The molecule has 6 N–H and O–H groups in total.